The third-order valence-corrected chi connectivity index (χ3v) is 15.3. The lowest BCUT2D eigenvalue weighted by atomic mass is 9.78. The van der Waals surface area contributed by atoms with Crippen LogP contribution in [-0.2, 0) is 32.9 Å². The van der Waals surface area contributed by atoms with E-state index in [1.807, 2.05) is 36.4 Å². The molecule has 0 bridgehead atoms. The van der Waals surface area contributed by atoms with Gasteiger partial charge in [-0.05, 0) is 35.3 Å². The van der Waals surface area contributed by atoms with Crippen molar-refractivity contribution in [2.75, 3.05) is 33.2 Å². The number of carbonyl (C=O) groups is 1. The Balaban J connectivity index is 1.62. The lowest BCUT2D eigenvalue weighted by Crippen LogP contribution is -2.69. The van der Waals surface area contributed by atoms with Crippen molar-refractivity contribution < 1.29 is 43.1 Å². The number of rotatable bonds is 13. The molecule has 244 valence electrons. The van der Waals surface area contributed by atoms with Crippen LogP contribution in [0.5, 0.6) is 0 Å². The molecule has 2 heterocycles. The third-order valence-electron chi connectivity index (χ3n) is 8.56. The van der Waals surface area contributed by atoms with E-state index < -0.39 is 58.2 Å². The Labute approximate surface area is 263 Å². The molecule has 2 aromatic carbocycles. The second kappa shape index (κ2) is 13.1. The van der Waals surface area contributed by atoms with E-state index >= 15 is 0 Å². The van der Waals surface area contributed by atoms with Crippen molar-refractivity contribution in [3.05, 3.63) is 60.7 Å². The fourth-order valence-corrected chi connectivity index (χ4v) is 11.6. The minimum atomic E-state index is -3.05. The average Bonchev–Trinajstić information content (AvgIpc) is 3.35. The zero-order valence-electron chi connectivity index (χ0n) is 27.4. The molecule has 11 heteroatoms. The zero-order chi connectivity index (χ0) is 32.4. The van der Waals surface area contributed by atoms with E-state index in [-0.39, 0.29) is 25.0 Å². The minimum Gasteiger partial charge on any atom is -0.454 e. The Morgan fingerprint density at radius 2 is 1.45 bits per heavy atom. The molecule has 2 fully saturated rings. The monoisotopic (exact) mass is 646 g/mol. The van der Waals surface area contributed by atoms with Crippen LogP contribution in [0.3, 0.4) is 0 Å². The molecule has 2 aromatic rings. The average molecular weight is 647 g/mol. The molecule has 44 heavy (non-hydrogen) atoms. The summed E-state index contributed by atoms with van der Waals surface area (Å²) in [6, 6.07) is 21.1. The van der Waals surface area contributed by atoms with Crippen LogP contribution < -0.4 is 10.4 Å². The summed E-state index contributed by atoms with van der Waals surface area (Å²) in [4.78, 5) is 13.8. The van der Waals surface area contributed by atoms with E-state index in [4.69, 9.17) is 28.1 Å². The van der Waals surface area contributed by atoms with Gasteiger partial charge in [-0.25, -0.2) is 4.79 Å². The van der Waals surface area contributed by atoms with E-state index in [0.717, 1.165) is 16.4 Å². The van der Waals surface area contributed by atoms with Crippen molar-refractivity contribution in [2.45, 2.75) is 94.5 Å². The molecule has 2 saturated heterocycles. The van der Waals surface area contributed by atoms with E-state index in [0.29, 0.717) is 6.61 Å². The molecule has 0 saturated carbocycles. The standard InChI is InChI=1S/C33H50O9Si2/c1-30(2,3)44(25-15-11-9-12-16-25,26-17-13-10-14-18-26)39-22-27-32(36,23-34)33(29(35)40-27)28(41-31(4,5)42-33)21-38-24-37-19-20-43(6,7)8/h9-18,27-28,34,36H,19-24H2,1-8H3/t27-,28-,32+,33+/m1/s1. The lowest BCUT2D eigenvalue weighted by Gasteiger charge is -2.44. The van der Waals surface area contributed by atoms with Gasteiger partial charge in [0.25, 0.3) is 8.32 Å². The van der Waals surface area contributed by atoms with Crippen LogP contribution in [0.15, 0.2) is 60.7 Å². The van der Waals surface area contributed by atoms with Crippen molar-refractivity contribution in [2.24, 2.45) is 0 Å². The predicted octanol–water partition coefficient (Wildman–Crippen LogP) is 3.43. The Bertz CT molecular complexity index is 1210. The van der Waals surface area contributed by atoms with E-state index in [9.17, 15) is 15.0 Å². The summed E-state index contributed by atoms with van der Waals surface area (Å²) in [6.07, 6.45) is -2.31. The van der Waals surface area contributed by atoms with Gasteiger partial charge in [0.15, 0.2) is 17.5 Å². The van der Waals surface area contributed by atoms with Gasteiger partial charge in [-0.15, -0.1) is 0 Å². The van der Waals surface area contributed by atoms with Gasteiger partial charge in [0.1, 0.15) is 12.9 Å². The number of esters is 1. The summed E-state index contributed by atoms with van der Waals surface area (Å²) in [7, 11) is -4.32. The quantitative estimate of drug-likeness (QED) is 0.146. The number of cyclic esters (lactones) is 1. The topological polar surface area (TPSA) is 113 Å². The van der Waals surface area contributed by atoms with E-state index in [2.05, 4.69) is 64.7 Å². The molecular weight excluding hydrogens is 597 g/mol. The summed E-state index contributed by atoms with van der Waals surface area (Å²) >= 11 is 0. The highest BCUT2D eigenvalue weighted by Crippen LogP contribution is 2.50. The van der Waals surface area contributed by atoms with Crippen molar-refractivity contribution in [3.63, 3.8) is 0 Å². The normalized spacial score (nSPS) is 27.2. The first kappa shape index (κ1) is 34.9. The molecule has 9 nitrogen and oxygen atoms in total. The molecule has 2 N–H and O–H groups in total. The molecular formula is C33H50O9Si2. The molecule has 0 aliphatic carbocycles. The van der Waals surface area contributed by atoms with Gasteiger partial charge >= 0.3 is 5.97 Å². The fourth-order valence-electron chi connectivity index (χ4n) is 6.33. The van der Waals surface area contributed by atoms with Crippen LogP contribution in [0.2, 0.25) is 30.7 Å². The summed E-state index contributed by atoms with van der Waals surface area (Å²) in [6.45, 7) is 16.0. The molecule has 0 radical (unpaired) electrons. The van der Waals surface area contributed by atoms with Crippen molar-refractivity contribution in [3.8, 4) is 0 Å². The molecule has 0 unspecified atom stereocenters. The van der Waals surface area contributed by atoms with E-state index in [1.165, 1.54) is 0 Å². The first-order valence-electron chi connectivity index (χ1n) is 15.4. The number of benzene rings is 2. The van der Waals surface area contributed by atoms with Gasteiger partial charge in [-0.3, -0.25) is 0 Å². The van der Waals surface area contributed by atoms with Crippen LogP contribution in [0.25, 0.3) is 0 Å². The number of ether oxygens (including phenoxy) is 5. The predicted molar refractivity (Wildman–Crippen MR) is 173 cm³/mol. The maximum atomic E-state index is 13.8. The number of hydrogen-bond donors (Lipinski definition) is 2. The number of carbonyl (C=O) groups excluding carboxylic acids is 1. The Morgan fingerprint density at radius 3 is 1.95 bits per heavy atom. The molecule has 4 atom stereocenters. The fraction of sp³-hybridized carbons (Fsp3) is 0.606. The molecule has 0 aromatic heterocycles. The largest absolute Gasteiger partial charge is 0.454 e. The smallest absolute Gasteiger partial charge is 0.345 e. The van der Waals surface area contributed by atoms with Crippen LogP contribution >= 0.6 is 0 Å². The van der Waals surface area contributed by atoms with Gasteiger partial charge in [-0.1, -0.05) is 101 Å². The van der Waals surface area contributed by atoms with Gasteiger partial charge < -0.3 is 38.3 Å². The van der Waals surface area contributed by atoms with Gasteiger partial charge in [0, 0.05) is 14.7 Å². The van der Waals surface area contributed by atoms with Crippen molar-refractivity contribution in [1.29, 1.82) is 0 Å². The lowest BCUT2D eigenvalue weighted by molar-refractivity contribution is -0.214. The first-order valence-corrected chi connectivity index (χ1v) is 21.0. The maximum absolute atomic E-state index is 13.8. The van der Waals surface area contributed by atoms with Gasteiger partial charge in [0.2, 0.25) is 5.60 Å². The van der Waals surface area contributed by atoms with Crippen LogP contribution in [0.4, 0.5) is 0 Å². The maximum Gasteiger partial charge on any atom is 0.345 e. The summed E-state index contributed by atoms with van der Waals surface area (Å²) in [5, 5.41) is 24.7. The second-order valence-corrected chi connectivity index (χ2v) is 24.4. The van der Waals surface area contributed by atoms with Crippen LogP contribution in [0, 0.1) is 0 Å². The zero-order valence-corrected chi connectivity index (χ0v) is 29.4. The SMILES string of the molecule is CC1(C)O[C@H](COCOCC[Si](C)(C)C)[C@]2(O1)C(=O)O[C@H](CO[Si](c1ccccc1)(c1ccccc1)C(C)(C)C)[C@@]2(O)CO. The Hall–Kier alpha value is -1.94. The highest BCUT2D eigenvalue weighted by Gasteiger charge is 2.77. The molecule has 1 spiro atoms. The highest BCUT2D eigenvalue weighted by atomic mass is 28.4. The number of aliphatic hydroxyl groups is 2. The minimum absolute atomic E-state index is 0.00611. The van der Waals surface area contributed by atoms with Crippen molar-refractivity contribution in [1.82, 2.24) is 0 Å². The van der Waals surface area contributed by atoms with Crippen LogP contribution in [0.1, 0.15) is 34.6 Å². The molecule has 2 aliphatic heterocycles. The van der Waals surface area contributed by atoms with Crippen molar-refractivity contribution >= 4 is 32.7 Å². The Kier molecular flexibility index (Phi) is 10.4. The van der Waals surface area contributed by atoms with Gasteiger partial charge in [0.05, 0.1) is 19.8 Å². The van der Waals surface area contributed by atoms with Gasteiger partial charge in [-0.2, -0.15) is 0 Å². The summed E-state index contributed by atoms with van der Waals surface area (Å²) in [5.74, 6) is -2.09. The molecule has 0 amide bonds. The second-order valence-electron chi connectivity index (χ2n) is 14.5. The third kappa shape index (κ3) is 6.62. The molecule has 4 rings (SSSR count). The summed E-state index contributed by atoms with van der Waals surface area (Å²) in [5.41, 5.74) is -4.22. The number of hydrogen-bond acceptors (Lipinski definition) is 9. The first-order chi connectivity index (χ1) is 20.5. The Morgan fingerprint density at radius 1 is 0.886 bits per heavy atom. The van der Waals surface area contributed by atoms with E-state index in [1.54, 1.807) is 13.8 Å². The number of aliphatic hydroxyl groups excluding tert-OH is 1. The molecule has 2 aliphatic rings. The highest BCUT2D eigenvalue weighted by molar-refractivity contribution is 6.99. The van der Waals surface area contributed by atoms with Crippen LogP contribution in [-0.4, -0.2) is 95.0 Å². The summed E-state index contributed by atoms with van der Waals surface area (Å²) < 4.78 is 36.6.